The Labute approximate surface area is 227 Å². The number of nitro groups is 1. The van der Waals surface area contributed by atoms with Crippen molar-refractivity contribution in [2.45, 2.75) is 4.90 Å². The molecule has 0 radical (unpaired) electrons. The summed E-state index contributed by atoms with van der Waals surface area (Å²) in [6.45, 7) is 0. The van der Waals surface area contributed by atoms with Crippen molar-refractivity contribution in [2.75, 3.05) is 0 Å². The SMILES string of the molecule is O=C1NC(=Nc2cc(Cl)ccc2Cl)S/C1=C/c1cc(Br)ccc1OS(=O)(=O)c1ccc([N+](=O)[O-])cc1. The van der Waals surface area contributed by atoms with Gasteiger partial charge in [-0.2, -0.15) is 8.42 Å². The topological polar surface area (TPSA) is 128 Å². The zero-order valence-corrected chi connectivity index (χ0v) is 22.4. The van der Waals surface area contributed by atoms with Crippen LogP contribution in [0.2, 0.25) is 10.0 Å². The summed E-state index contributed by atoms with van der Waals surface area (Å²) in [7, 11) is -4.32. The third kappa shape index (κ3) is 6.08. The molecule has 0 aliphatic carbocycles. The quantitative estimate of drug-likeness (QED) is 0.146. The standard InChI is InChI=1S/C22H12BrCl2N3O6S2/c23-13-1-8-19(34-36(32,33)16-5-3-15(4-6-16)28(30)31)12(9-13)10-20-21(29)27-22(35-20)26-18-11-14(24)2-7-17(18)25/h1-11H,(H,26,27,29)/b20-10+. The molecule has 1 aliphatic heterocycles. The Hall–Kier alpha value is -2.90. The summed E-state index contributed by atoms with van der Waals surface area (Å²) in [6.07, 6.45) is 1.45. The van der Waals surface area contributed by atoms with Gasteiger partial charge in [-0.25, -0.2) is 4.99 Å². The number of carbonyl (C=O) groups is 1. The number of aliphatic imine (C=N–C) groups is 1. The van der Waals surface area contributed by atoms with Gasteiger partial charge in [0.05, 0.1) is 20.5 Å². The Kier molecular flexibility index (Phi) is 7.71. The molecule has 0 aromatic heterocycles. The zero-order valence-electron chi connectivity index (χ0n) is 17.6. The maximum atomic E-state index is 12.8. The predicted octanol–water partition coefficient (Wildman–Crippen LogP) is 6.32. The van der Waals surface area contributed by atoms with Crippen LogP contribution in [0.4, 0.5) is 11.4 Å². The molecule has 0 spiro atoms. The van der Waals surface area contributed by atoms with E-state index in [4.69, 9.17) is 27.4 Å². The van der Waals surface area contributed by atoms with Crippen LogP contribution in [0, 0.1) is 10.1 Å². The number of carbonyl (C=O) groups excluding carboxylic acids is 1. The van der Waals surface area contributed by atoms with E-state index in [9.17, 15) is 23.3 Å². The van der Waals surface area contributed by atoms with Crippen molar-refractivity contribution in [1.29, 1.82) is 0 Å². The summed E-state index contributed by atoms with van der Waals surface area (Å²) in [5.41, 5.74) is 0.396. The largest absolute Gasteiger partial charge is 0.378 e. The summed E-state index contributed by atoms with van der Waals surface area (Å²) < 4.78 is 31.5. The molecule has 36 heavy (non-hydrogen) atoms. The van der Waals surface area contributed by atoms with E-state index in [-0.39, 0.29) is 32.0 Å². The van der Waals surface area contributed by atoms with Crippen LogP contribution < -0.4 is 9.50 Å². The Morgan fingerprint density at radius 3 is 2.50 bits per heavy atom. The minimum atomic E-state index is -4.32. The van der Waals surface area contributed by atoms with Crippen LogP contribution in [0.25, 0.3) is 6.08 Å². The molecule has 1 saturated heterocycles. The maximum Gasteiger partial charge on any atom is 0.339 e. The fourth-order valence-electron chi connectivity index (χ4n) is 2.91. The monoisotopic (exact) mass is 627 g/mol. The number of amides is 1. The average molecular weight is 629 g/mol. The van der Waals surface area contributed by atoms with E-state index in [2.05, 4.69) is 26.2 Å². The molecule has 1 N–H and O–H groups in total. The van der Waals surface area contributed by atoms with Crippen molar-refractivity contribution in [1.82, 2.24) is 5.32 Å². The Balaban J connectivity index is 1.63. The van der Waals surface area contributed by atoms with Crippen molar-refractivity contribution in [2.24, 2.45) is 4.99 Å². The molecule has 3 aromatic carbocycles. The molecule has 1 fully saturated rings. The van der Waals surface area contributed by atoms with Crippen LogP contribution in [0.15, 0.2) is 79.9 Å². The third-order valence-electron chi connectivity index (χ3n) is 4.58. The van der Waals surface area contributed by atoms with Gasteiger partial charge in [0.2, 0.25) is 0 Å². The number of halogens is 3. The van der Waals surface area contributed by atoms with Gasteiger partial charge in [0.15, 0.2) is 5.17 Å². The van der Waals surface area contributed by atoms with Gasteiger partial charge in [0.25, 0.3) is 11.6 Å². The second-order valence-corrected chi connectivity index (χ2v) is 11.4. The molecule has 1 aliphatic rings. The smallest absolute Gasteiger partial charge is 0.339 e. The summed E-state index contributed by atoms with van der Waals surface area (Å²) in [5, 5.41) is 14.5. The van der Waals surface area contributed by atoms with E-state index in [1.54, 1.807) is 30.3 Å². The van der Waals surface area contributed by atoms with Crippen LogP contribution in [0.1, 0.15) is 5.56 Å². The van der Waals surface area contributed by atoms with E-state index >= 15 is 0 Å². The molecule has 9 nitrogen and oxygen atoms in total. The van der Waals surface area contributed by atoms with Gasteiger partial charge in [-0.3, -0.25) is 14.9 Å². The molecular weight excluding hydrogens is 617 g/mol. The highest BCUT2D eigenvalue weighted by Gasteiger charge is 2.26. The lowest BCUT2D eigenvalue weighted by Gasteiger charge is -2.10. The fraction of sp³-hybridized carbons (Fsp3) is 0. The van der Waals surface area contributed by atoms with E-state index < -0.39 is 20.9 Å². The van der Waals surface area contributed by atoms with E-state index in [1.807, 2.05) is 0 Å². The predicted molar refractivity (Wildman–Crippen MR) is 142 cm³/mol. The molecule has 1 heterocycles. The molecule has 3 aromatic rings. The number of nitro benzene ring substituents is 1. The minimum absolute atomic E-state index is 0.0549. The highest BCUT2D eigenvalue weighted by Crippen LogP contribution is 2.35. The van der Waals surface area contributed by atoms with Crippen molar-refractivity contribution in [3.63, 3.8) is 0 Å². The first-order valence-corrected chi connectivity index (χ1v) is 13.5. The van der Waals surface area contributed by atoms with Crippen LogP contribution in [-0.4, -0.2) is 24.4 Å². The molecule has 4 rings (SSSR count). The molecule has 0 saturated carbocycles. The lowest BCUT2D eigenvalue weighted by molar-refractivity contribution is -0.384. The third-order valence-corrected chi connectivity index (χ3v) is 7.78. The van der Waals surface area contributed by atoms with Gasteiger partial charge in [-0.05, 0) is 66.4 Å². The Morgan fingerprint density at radius 2 is 1.81 bits per heavy atom. The van der Waals surface area contributed by atoms with E-state index in [0.717, 1.165) is 36.0 Å². The summed E-state index contributed by atoms with van der Waals surface area (Å²) in [5.74, 6) is -0.512. The van der Waals surface area contributed by atoms with Crippen LogP contribution in [0.5, 0.6) is 5.75 Å². The molecule has 1 amide bonds. The molecule has 0 atom stereocenters. The molecule has 14 heteroatoms. The first kappa shape index (κ1) is 26.2. The Bertz CT molecular complexity index is 1560. The van der Waals surface area contributed by atoms with Crippen molar-refractivity contribution < 1.29 is 22.3 Å². The molecule has 184 valence electrons. The lowest BCUT2D eigenvalue weighted by atomic mass is 10.2. The van der Waals surface area contributed by atoms with Gasteiger partial charge in [0.1, 0.15) is 10.6 Å². The highest BCUT2D eigenvalue weighted by atomic mass is 79.9. The van der Waals surface area contributed by atoms with Gasteiger partial charge in [0, 0.05) is 27.2 Å². The number of benzene rings is 3. The van der Waals surface area contributed by atoms with Gasteiger partial charge >= 0.3 is 10.1 Å². The number of hydrogen-bond acceptors (Lipinski definition) is 8. The van der Waals surface area contributed by atoms with Crippen molar-refractivity contribution in [3.8, 4) is 5.75 Å². The first-order valence-electron chi connectivity index (χ1n) is 9.75. The zero-order chi connectivity index (χ0) is 26.0. The average Bonchev–Trinajstić information content (AvgIpc) is 3.16. The maximum absolute atomic E-state index is 12.8. The van der Waals surface area contributed by atoms with Gasteiger partial charge in [-0.1, -0.05) is 39.1 Å². The van der Waals surface area contributed by atoms with Gasteiger partial charge in [-0.15, -0.1) is 0 Å². The Morgan fingerprint density at radius 1 is 1.08 bits per heavy atom. The van der Waals surface area contributed by atoms with Crippen molar-refractivity contribution in [3.05, 3.63) is 95.8 Å². The number of rotatable bonds is 6. The summed E-state index contributed by atoms with van der Waals surface area (Å²) in [4.78, 5) is 27.0. The number of non-ortho nitro benzene ring substituents is 1. The number of nitrogens with zero attached hydrogens (tertiary/aromatic N) is 2. The number of hydrogen-bond donors (Lipinski definition) is 1. The first-order chi connectivity index (χ1) is 17.0. The second kappa shape index (κ2) is 10.6. The summed E-state index contributed by atoms with van der Waals surface area (Å²) in [6, 6.07) is 13.6. The normalized spacial score (nSPS) is 15.8. The lowest BCUT2D eigenvalue weighted by Crippen LogP contribution is -2.19. The number of amidine groups is 1. The number of thioether (sulfide) groups is 1. The fourth-order valence-corrected chi connectivity index (χ4v) is 5.40. The molecule has 0 bridgehead atoms. The molecule has 0 unspecified atom stereocenters. The van der Waals surface area contributed by atoms with Crippen LogP contribution in [-0.2, 0) is 14.9 Å². The molecular formula is C22H12BrCl2N3O6S2. The minimum Gasteiger partial charge on any atom is -0.378 e. The summed E-state index contributed by atoms with van der Waals surface area (Å²) >= 11 is 16.5. The van der Waals surface area contributed by atoms with E-state index in [0.29, 0.717) is 20.2 Å². The van der Waals surface area contributed by atoms with Crippen LogP contribution >= 0.6 is 50.9 Å². The number of nitrogens with one attached hydrogen (secondary N) is 1. The van der Waals surface area contributed by atoms with Crippen molar-refractivity contribution >= 4 is 89.5 Å². The second-order valence-electron chi connectivity index (χ2n) is 7.05. The van der Waals surface area contributed by atoms with Crippen LogP contribution in [0.3, 0.4) is 0 Å². The van der Waals surface area contributed by atoms with Gasteiger partial charge < -0.3 is 9.50 Å². The van der Waals surface area contributed by atoms with E-state index in [1.165, 1.54) is 12.1 Å². The highest BCUT2D eigenvalue weighted by molar-refractivity contribution is 9.10.